The fourth-order valence-corrected chi connectivity index (χ4v) is 4.95. The Kier molecular flexibility index (Phi) is 6.82. The SMILES string of the molecule is CC[C@@H](C(=O)OCC(=O)c1ccc(S(=O)(=O)N2CCCC2)cc1)c1ccccc1. The van der Waals surface area contributed by atoms with E-state index in [4.69, 9.17) is 4.74 Å². The number of carbonyl (C=O) groups excluding carboxylic acids is 2. The van der Waals surface area contributed by atoms with Crippen LogP contribution in [0.25, 0.3) is 0 Å². The van der Waals surface area contributed by atoms with Crippen molar-refractivity contribution in [3.05, 3.63) is 65.7 Å². The zero-order valence-corrected chi connectivity index (χ0v) is 17.2. The highest BCUT2D eigenvalue weighted by Gasteiger charge is 2.27. The van der Waals surface area contributed by atoms with E-state index in [1.807, 2.05) is 37.3 Å². The van der Waals surface area contributed by atoms with Crippen molar-refractivity contribution in [2.75, 3.05) is 19.7 Å². The molecule has 1 aliphatic heterocycles. The number of benzene rings is 2. The largest absolute Gasteiger partial charge is 0.457 e. The molecule has 0 saturated carbocycles. The highest BCUT2D eigenvalue weighted by molar-refractivity contribution is 7.89. The summed E-state index contributed by atoms with van der Waals surface area (Å²) in [6.07, 6.45) is 2.30. The Morgan fingerprint density at radius 3 is 2.21 bits per heavy atom. The quantitative estimate of drug-likeness (QED) is 0.488. The van der Waals surface area contributed by atoms with Crippen LogP contribution in [0.3, 0.4) is 0 Å². The number of sulfonamides is 1. The van der Waals surface area contributed by atoms with Gasteiger partial charge in [0, 0.05) is 18.7 Å². The highest BCUT2D eigenvalue weighted by atomic mass is 32.2. The van der Waals surface area contributed by atoms with Crippen LogP contribution in [0.4, 0.5) is 0 Å². The van der Waals surface area contributed by atoms with E-state index in [9.17, 15) is 18.0 Å². The molecule has 1 fully saturated rings. The van der Waals surface area contributed by atoms with Gasteiger partial charge in [-0.25, -0.2) is 8.42 Å². The van der Waals surface area contributed by atoms with Gasteiger partial charge >= 0.3 is 5.97 Å². The minimum Gasteiger partial charge on any atom is -0.457 e. The number of carbonyl (C=O) groups is 2. The van der Waals surface area contributed by atoms with E-state index in [0.717, 1.165) is 18.4 Å². The number of esters is 1. The van der Waals surface area contributed by atoms with Gasteiger partial charge in [0.15, 0.2) is 12.4 Å². The van der Waals surface area contributed by atoms with E-state index in [2.05, 4.69) is 0 Å². The molecule has 154 valence electrons. The van der Waals surface area contributed by atoms with Gasteiger partial charge in [0.2, 0.25) is 10.0 Å². The minimum atomic E-state index is -3.52. The molecular formula is C22H25NO5S. The van der Waals surface area contributed by atoms with E-state index in [0.29, 0.717) is 25.1 Å². The third-order valence-corrected chi connectivity index (χ3v) is 7.03. The second-order valence-corrected chi connectivity index (χ2v) is 8.98. The number of ether oxygens (including phenoxy) is 1. The van der Waals surface area contributed by atoms with E-state index >= 15 is 0 Å². The summed E-state index contributed by atoms with van der Waals surface area (Å²) < 4.78 is 31.8. The predicted molar refractivity (Wildman–Crippen MR) is 109 cm³/mol. The summed E-state index contributed by atoms with van der Waals surface area (Å²) in [5, 5.41) is 0. The first kappa shape index (κ1) is 21.2. The molecule has 0 aliphatic carbocycles. The van der Waals surface area contributed by atoms with Gasteiger partial charge in [-0.3, -0.25) is 9.59 Å². The summed E-state index contributed by atoms with van der Waals surface area (Å²) in [4.78, 5) is 24.9. The number of Topliss-reactive ketones (excluding diaryl/α,β-unsaturated/α-hetero) is 1. The molecule has 1 aliphatic rings. The normalized spacial score (nSPS) is 15.8. The number of hydrogen-bond acceptors (Lipinski definition) is 5. The lowest BCUT2D eigenvalue weighted by Gasteiger charge is -2.16. The lowest BCUT2D eigenvalue weighted by molar-refractivity contribution is -0.144. The van der Waals surface area contributed by atoms with Gasteiger partial charge in [-0.05, 0) is 49.1 Å². The molecule has 2 aromatic carbocycles. The summed E-state index contributed by atoms with van der Waals surface area (Å²) in [5.74, 6) is -1.23. The van der Waals surface area contributed by atoms with Crippen molar-refractivity contribution in [3.63, 3.8) is 0 Å². The van der Waals surface area contributed by atoms with Crippen molar-refractivity contribution in [1.29, 1.82) is 0 Å². The molecule has 0 bridgehead atoms. The fraction of sp³-hybridized carbons (Fsp3) is 0.364. The molecule has 3 rings (SSSR count). The van der Waals surface area contributed by atoms with Crippen molar-refractivity contribution in [2.45, 2.75) is 37.0 Å². The average Bonchev–Trinajstić information content (AvgIpc) is 3.29. The number of nitrogens with zero attached hydrogens (tertiary/aromatic N) is 1. The second-order valence-electron chi connectivity index (χ2n) is 7.04. The van der Waals surface area contributed by atoms with Gasteiger partial charge in [-0.1, -0.05) is 37.3 Å². The molecule has 0 amide bonds. The first-order valence-corrected chi connectivity index (χ1v) is 11.2. The topological polar surface area (TPSA) is 80.8 Å². The Morgan fingerprint density at radius 2 is 1.62 bits per heavy atom. The van der Waals surface area contributed by atoms with Crippen LogP contribution in [0, 0.1) is 0 Å². The fourth-order valence-electron chi connectivity index (χ4n) is 3.43. The third kappa shape index (κ3) is 4.92. The molecule has 0 spiro atoms. The van der Waals surface area contributed by atoms with Crippen LogP contribution < -0.4 is 0 Å². The molecule has 0 unspecified atom stereocenters. The van der Waals surface area contributed by atoms with E-state index in [1.54, 1.807) is 0 Å². The molecule has 29 heavy (non-hydrogen) atoms. The molecule has 0 radical (unpaired) electrons. The van der Waals surface area contributed by atoms with Crippen LogP contribution in [0.1, 0.15) is 48.0 Å². The maximum atomic E-state index is 12.5. The van der Waals surface area contributed by atoms with Gasteiger partial charge in [0.25, 0.3) is 0 Å². The highest BCUT2D eigenvalue weighted by Crippen LogP contribution is 2.22. The third-order valence-electron chi connectivity index (χ3n) is 5.12. The molecule has 0 N–H and O–H groups in total. The number of ketones is 1. The van der Waals surface area contributed by atoms with Gasteiger partial charge in [-0.2, -0.15) is 4.31 Å². The summed E-state index contributed by atoms with van der Waals surface area (Å²) in [6.45, 7) is 2.57. The average molecular weight is 416 g/mol. The molecule has 7 heteroatoms. The van der Waals surface area contributed by atoms with Gasteiger partial charge < -0.3 is 4.74 Å². The van der Waals surface area contributed by atoms with Gasteiger partial charge in [0.1, 0.15) is 0 Å². The maximum Gasteiger partial charge on any atom is 0.313 e. The first-order valence-electron chi connectivity index (χ1n) is 9.78. The Bertz CT molecular complexity index is 948. The van der Waals surface area contributed by atoms with Gasteiger partial charge in [-0.15, -0.1) is 0 Å². The Morgan fingerprint density at radius 1 is 1.00 bits per heavy atom. The van der Waals surface area contributed by atoms with E-state index in [1.165, 1.54) is 28.6 Å². The Hall–Kier alpha value is -2.51. The lowest BCUT2D eigenvalue weighted by Crippen LogP contribution is -2.27. The summed E-state index contributed by atoms with van der Waals surface area (Å²) >= 11 is 0. The van der Waals surface area contributed by atoms with Crippen molar-refractivity contribution >= 4 is 21.8 Å². The number of hydrogen-bond donors (Lipinski definition) is 0. The first-order chi connectivity index (χ1) is 13.9. The van der Waals surface area contributed by atoms with Crippen LogP contribution in [0.15, 0.2) is 59.5 Å². The smallest absolute Gasteiger partial charge is 0.313 e. The van der Waals surface area contributed by atoms with Crippen molar-refractivity contribution in [3.8, 4) is 0 Å². The standard InChI is InChI=1S/C22H25NO5S/c1-2-20(17-8-4-3-5-9-17)22(25)28-16-21(24)18-10-12-19(13-11-18)29(26,27)23-14-6-7-15-23/h3-5,8-13,20H,2,6-7,14-16H2,1H3/t20-/m1/s1. The Labute approximate surface area is 171 Å². The minimum absolute atomic E-state index is 0.170. The van der Waals surface area contributed by atoms with Crippen molar-refractivity contribution in [1.82, 2.24) is 4.31 Å². The van der Waals surface area contributed by atoms with Crippen LogP contribution in [0.5, 0.6) is 0 Å². The number of rotatable bonds is 8. The monoisotopic (exact) mass is 415 g/mol. The molecule has 2 aromatic rings. The molecule has 1 saturated heterocycles. The lowest BCUT2D eigenvalue weighted by atomic mass is 9.97. The predicted octanol–water partition coefficient (Wildman–Crippen LogP) is 3.39. The van der Waals surface area contributed by atoms with Crippen molar-refractivity contribution in [2.24, 2.45) is 0 Å². The second kappa shape index (κ2) is 9.33. The summed E-state index contributed by atoms with van der Waals surface area (Å²) in [7, 11) is -3.52. The van der Waals surface area contributed by atoms with Crippen LogP contribution in [-0.4, -0.2) is 44.2 Å². The van der Waals surface area contributed by atoms with E-state index in [-0.39, 0.29) is 17.3 Å². The Balaban J connectivity index is 1.61. The van der Waals surface area contributed by atoms with E-state index < -0.39 is 21.9 Å². The molecule has 6 nitrogen and oxygen atoms in total. The van der Waals surface area contributed by atoms with Gasteiger partial charge in [0.05, 0.1) is 10.8 Å². The zero-order valence-electron chi connectivity index (χ0n) is 16.4. The molecule has 0 aromatic heterocycles. The summed E-state index contributed by atoms with van der Waals surface area (Å²) in [6, 6.07) is 15.1. The van der Waals surface area contributed by atoms with Crippen LogP contribution >= 0.6 is 0 Å². The molecule has 1 atom stereocenters. The maximum absolute atomic E-state index is 12.5. The molecular weight excluding hydrogens is 390 g/mol. The van der Waals surface area contributed by atoms with Crippen LogP contribution in [-0.2, 0) is 19.6 Å². The van der Waals surface area contributed by atoms with Crippen LogP contribution in [0.2, 0.25) is 0 Å². The zero-order chi connectivity index (χ0) is 20.9. The molecule has 1 heterocycles. The summed E-state index contributed by atoms with van der Waals surface area (Å²) in [5.41, 5.74) is 1.16. The van der Waals surface area contributed by atoms with Crippen molar-refractivity contribution < 1.29 is 22.7 Å².